The summed E-state index contributed by atoms with van der Waals surface area (Å²) in [4.78, 5) is 32.1. The Morgan fingerprint density at radius 3 is 2.29 bits per heavy atom. The Morgan fingerprint density at radius 1 is 0.821 bits per heavy atom. The largest absolute Gasteiger partial charge is 0.342 e. The molecule has 1 aromatic carbocycles. The second-order valence-electron chi connectivity index (χ2n) is 8.54. The van der Waals surface area contributed by atoms with E-state index < -0.39 is 0 Å². The Labute approximate surface area is 168 Å². The van der Waals surface area contributed by atoms with E-state index >= 15 is 0 Å². The minimum Gasteiger partial charge on any atom is -0.342 e. The van der Waals surface area contributed by atoms with Crippen LogP contribution in [0, 0.1) is 0 Å². The van der Waals surface area contributed by atoms with E-state index in [-0.39, 0.29) is 17.7 Å². The summed E-state index contributed by atoms with van der Waals surface area (Å²) in [5, 5.41) is 0. The average Bonchev–Trinajstić information content (AvgIpc) is 3.03. The van der Waals surface area contributed by atoms with Crippen molar-refractivity contribution in [1.29, 1.82) is 0 Å². The second kappa shape index (κ2) is 9.08. The molecular weight excluding hydrogens is 350 g/mol. The van der Waals surface area contributed by atoms with Crippen LogP contribution in [0.15, 0.2) is 24.3 Å². The maximum atomic E-state index is 13.2. The van der Waals surface area contributed by atoms with Crippen molar-refractivity contribution >= 4 is 11.8 Å². The van der Waals surface area contributed by atoms with E-state index in [4.69, 9.17) is 0 Å². The van der Waals surface area contributed by atoms with Crippen molar-refractivity contribution in [2.24, 2.45) is 0 Å². The number of carbonyl (C=O) groups is 2. The first-order valence-electron chi connectivity index (χ1n) is 11.1. The van der Waals surface area contributed by atoms with E-state index in [1.54, 1.807) is 0 Å². The highest BCUT2D eigenvalue weighted by Gasteiger charge is 2.32. The molecule has 1 aliphatic carbocycles. The highest BCUT2D eigenvalue weighted by molar-refractivity contribution is 5.84. The summed E-state index contributed by atoms with van der Waals surface area (Å²) in [7, 11) is 0. The third-order valence-electron chi connectivity index (χ3n) is 6.67. The van der Waals surface area contributed by atoms with Gasteiger partial charge in [-0.2, -0.15) is 0 Å². The van der Waals surface area contributed by atoms with Crippen LogP contribution in [0.5, 0.6) is 0 Å². The fourth-order valence-corrected chi connectivity index (χ4v) is 4.97. The molecule has 1 unspecified atom stereocenters. The van der Waals surface area contributed by atoms with Gasteiger partial charge in [0, 0.05) is 39.3 Å². The van der Waals surface area contributed by atoms with Crippen LogP contribution in [0.2, 0.25) is 0 Å². The van der Waals surface area contributed by atoms with Crippen LogP contribution in [0.25, 0.3) is 0 Å². The van der Waals surface area contributed by atoms with Crippen molar-refractivity contribution in [2.45, 2.75) is 50.9 Å². The van der Waals surface area contributed by atoms with Crippen molar-refractivity contribution < 1.29 is 9.59 Å². The maximum absolute atomic E-state index is 13.2. The topological polar surface area (TPSA) is 43.9 Å². The van der Waals surface area contributed by atoms with Gasteiger partial charge in [0.05, 0.1) is 12.5 Å². The van der Waals surface area contributed by atoms with Crippen LogP contribution < -0.4 is 0 Å². The molecule has 0 radical (unpaired) electrons. The summed E-state index contributed by atoms with van der Waals surface area (Å²) in [6, 6.07) is 8.43. The van der Waals surface area contributed by atoms with Crippen molar-refractivity contribution in [1.82, 2.24) is 14.7 Å². The van der Waals surface area contributed by atoms with Crippen molar-refractivity contribution in [2.75, 3.05) is 45.8 Å². The van der Waals surface area contributed by atoms with Gasteiger partial charge < -0.3 is 9.80 Å². The van der Waals surface area contributed by atoms with Gasteiger partial charge in [-0.3, -0.25) is 14.5 Å². The highest BCUT2D eigenvalue weighted by atomic mass is 16.2. The number of amides is 2. The second-order valence-corrected chi connectivity index (χ2v) is 8.54. The van der Waals surface area contributed by atoms with E-state index in [1.807, 2.05) is 9.80 Å². The predicted molar refractivity (Wildman–Crippen MR) is 110 cm³/mol. The molecule has 3 aliphatic rings. The summed E-state index contributed by atoms with van der Waals surface area (Å²) in [6.45, 7) is 5.43. The number of likely N-dealkylation sites (tertiary alicyclic amines) is 1. The fraction of sp³-hybridized carbons (Fsp3) is 0.652. The lowest BCUT2D eigenvalue weighted by Gasteiger charge is -2.38. The Balaban J connectivity index is 1.29. The SMILES string of the molecule is O=C(CN1CCN(C(=O)C2CCCc3ccccc32)CC1)N1CCCCCC1. The fourth-order valence-electron chi connectivity index (χ4n) is 4.97. The van der Waals surface area contributed by atoms with Gasteiger partial charge in [0.1, 0.15) is 0 Å². The smallest absolute Gasteiger partial charge is 0.236 e. The molecule has 1 aromatic rings. The third kappa shape index (κ3) is 4.40. The summed E-state index contributed by atoms with van der Waals surface area (Å²) >= 11 is 0. The molecule has 0 spiro atoms. The van der Waals surface area contributed by atoms with E-state index in [1.165, 1.54) is 24.0 Å². The monoisotopic (exact) mass is 383 g/mol. The number of nitrogens with zero attached hydrogens (tertiary/aromatic N) is 3. The molecule has 2 fully saturated rings. The number of hydrogen-bond donors (Lipinski definition) is 0. The number of benzene rings is 1. The van der Waals surface area contributed by atoms with Crippen LogP contribution >= 0.6 is 0 Å². The zero-order valence-corrected chi connectivity index (χ0v) is 16.9. The molecule has 1 atom stereocenters. The average molecular weight is 384 g/mol. The normalized spacial score (nSPS) is 23.8. The van der Waals surface area contributed by atoms with Crippen LogP contribution in [0.1, 0.15) is 55.6 Å². The minimum atomic E-state index is 0.0234. The van der Waals surface area contributed by atoms with Crippen molar-refractivity contribution in [3.05, 3.63) is 35.4 Å². The summed E-state index contributed by atoms with van der Waals surface area (Å²) in [5.74, 6) is 0.573. The lowest BCUT2D eigenvalue weighted by atomic mass is 9.82. The molecule has 0 bridgehead atoms. The number of aryl methyl sites for hydroxylation is 1. The van der Waals surface area contributed by atoms with E-state index in [9.17, 15) is 9.59 Å². The summed E-state index contributed by atoms with van der Waals surface area (Å²) in [5.41, 5.74) is 2.58. The number of hydrogen-bond acceptors (Lipinski definition) is 3. The van der Waals surface area contributed by atoms with Gasteiger partial charge in [-0.05, 0) is 43.2 Å². The Bertz CT molecular complexity index is 689. The third-order valence-corrected chi connectivity index (χ3v) is 6.67. The first kappa shape index (κ1) is 19.4. The minimum absolute atomic E-state index is 0.0234. The maximum Gasteiger partial charge on any atom is 0.236 e. The van der Waals surface area contributed by atoms with Gasteiger partial charge in [0.25, 0.3) is 0 Å². The first-order chi connectivity index (χ1) is 13.7. The molecule has 0 N–H and O–H groups in total. The number of rotatable bonds is 3. The zero-order valence-electron chi connectivity index (χ0n) is 16.9. The van der Waals surface area contributed by atoms with Gasteiger partial charge in [-0.1, -0.05) is 37.1 Å². The molecule has 2 aliphatic heterocycles. The molecule has 0 saturated carbocycles. The van der Waals surface area contributed by atoms with Gasteiger partial charge >= 0.3 is 0 Å². The van der Waals surface area contributed by atoms with Crippen LogP contribution in [0.4, 0.5) is 0 Å². The predicted octanol–water partition coefficient (Wildman–Crippen LogP) is 2.65. The Kier molecular flexibility index (Phi) is 6.30. The standard InChI is InChI=1S/C23H33N3O2/c27-22(25-12-5-1-2-6-13-25)18-24-14-16-26(17-15-24)23(28)21-11-7-9-19-8-3-4-10-20(19)21/h3-4,8,10,21H,1-2,5-7,9,11-18H2. The summed E-state index contributed by atoms with van der Waals surface area (Å²) < 4.78 is 0. The molecule has 5 nitrogen and oxygen atoms in total. The summed E-state index contributed by atoms with van der Waals surface area (Å²) in [6.07, 6.45) is 7.91. The molecule has 2 amide bonds. The first-order valence-corrected chi connectivity index (χ1v) is 11.1. The molecule has 28 heavy (non-hydrogen) atoms. The van der Waals surface area contributed by atoms with Gasteiger partial charge in [0.15, 0.2) is 0 Å². The number of carbonyl (C=O) groups excluding carboxylic acids is 2. The van der Waals surface area contributed by atoms with Crippen molar-refractivity contribution in [3.63, 3.8) is 0 Å². The van der Waals surface area contributed by atoms with Crippen LogP contribution in [0.3, 0.4) is 0 Å². The quantitative estimate of drug-likeness (QED) is 0.806. The molecule has 5 heteroatoms. The number of fused-ring (bicyclic) bond motifs is 1. The van der Waals surface area contributed by atoms with E-state index in [2.05, 4.69) is 29.2 Å². The molecule has 2 heterocycles. The molecule has 4 rings (SSSR count). The zero-order chi connectivity index (χ0) is 19.3. The lowest BCUT2D eigenvalue weighted by molar-refractivity contribution is -0.136. The number of piperazine rings is 1. The van der Waals surface area contributed by atoms with Crippen LogP contribution in [-0.4, -0.2) is 72.3 Å². The highest BCUT2D eigenvalue weighted by Crippen LogP contribution is 2.33. The van der Waals surface area contributed by atoms with Crippen molar-refractivity contribution in [3.8, 4) is 0 Å². The molecular formula is C23H33N3O2. The van der Waals surface area contributed by atoms with E-state index in [0.29, 0.717) is 6.54 Å². The molecule has 2 saturated heterocycles. The Morgan fingerprint density at radius 2 is 1.54 bits per heavy atom. The van der Waals surface area contributed by atoms with Crippen LogP contribution in [-0.2, 0) is 16.0 Å². The van der Waals surface area contributed by atoms with Gasteiger partial charge in [-0.15, -0.1) is 0 Å². The van der Waals surface area contributed by atoms with Gasteiger partial charge in [0.2, 0.25) is 11.8 Å². The Hall–Kier alpha value is -1.88. The van der Waals surface area contributed by atoms with E-state index in [0.717, 1.165) is 71.4 Å². The molecule has 0 aromatic heterocycles. The lowest BCUT2D eigenvalue weighted by Crippen LogP contribution is -2.52. The van der Waals surface area contributed by atoms with Gasteiger partial charge in [-0.25, -0.2) is 0 Å². The molecule has 152 valence electrons.